The quantitative estimate of drug-likeness (QED) is 0.163. The molecule has 10 rings (SSSR count). The zero-order chi connectivity index (χ0) is 35.8. The van der Waals surface area contributed by atoms with Crippen LogP contribution in [0.5, 0.6) is 0 Å². The molecule has 0 aliphatic heterocycles. The lowest BCUT2D eigenvalue weighted by atomic mass is 9.94. The molecule has 0 N–H and O–H groups in total. The van der Waals surface area contributed by atoms with E-state index in [-0.39, 0.29) is 0 Å². The van der Waals surface area contributed by atoms with Crippen LogP contribution in [0.25, 0.3) is 99.6 Å². The van der Waals surface area contributed by atoms with Crippen molar-refractivity contribution in [3.8, 4) is 67.2 Å². The van der Waals surface area contributed by atoms with Gasteiger partial charge >= 0.3 is 0 Å². The van der Waals surface area contributed by atoms with Crippen LogP contribution in [0.4, 0.5) is 0 Å². The second-order valence-corrected chi connectivity index (χ2v) is 13.8. The lowest BCUT2D eigenvalue weighted by molar-refractivity contribution is 1.24. The molecule has 0 aliphatic carbocycles. The summed E-state index contributed by atoms with van der Waals surface area (Å²) < 4.78 is 0. The molecule has 0 saturated heterocycles. The highest BCUT2D eigenvalue weighted by molar-refractivity contribution is 6.10. The Kier molecular flexibility index (Phi) is 7.85. The van der Waals surface area contributed by atoms with Gasteiger partial charge in [-0.1, -0.05) is 182 Å². The molecule has 0 fully saturated rings. The van der Waals surface area contributed by atoms with Gasteiger partial charge in [0.2, 0.25) is 0 Å². The first-order valence-electron chi connectivity index (χ1n) is 18.4. The van der Waals surface area contributed by atoms with Crippen LogP contribution in [-0.2, 0) is 0 Å². The monoisotopic (exact) mass is 686 g/mol. The SMILES string of the molecule is c1ccc(-c2cccc(-c3cccc(-c4cccc(-c5ccc(-c6nc(-c7cccc8ccccc78)nc7c6ccc6ccccc67)cc5)c4)c3)c2)cc1. The fourth-order valence-corrected chi connectivity index (χ4v) is 7.71. The zero-order valence-electron chi connectivity index (χ0n) is 29.5. The number of benzene rings is 9. The standard InChI is InChI=1S/C52H34N2/c1-2-12-35(13-3-1)40-17-8-19-42(32-40)44-21-10-22-45(34-44)43-20-9-18-41(33-43)36-26-28-39(29-27-36)50-49-31-30-38-15-5-7-24-47(38)51(49)54-52(53-50)48-25-11-16-37-14-4-6-23-46(37)48/h1-34H. The van der Waals surface area contributed by atoms with E-state index in [0.717, 1.165) is 49.9 Å². The Labute approximate surface area is 314 Å². The van der Waals surface area contributed by atoms with E-state index >= 15 is 0 Å². The highest BCUT2D eigenvalue weighted by Gasteiger charge is 2.16. The van der Waals surface area contributed by atoms with Gasteiger partial charge < -0.3 is 0 Å². The molecule has 0 radical (unpaired) electrons. The predicted octanol–water partition coefficient (Wildman–Crippen LogP) is 13.9. The van der Waals surface area contributed by atoms with Crippen molar-refractivity contribution >= 4 is 32.4 Å². The lowest BCUT2D eigenvalue weighted by Crippen LogP contribution is -1.96. The van der Waals surface area contributed by atoms with E-state index in [1.165, 1.54) is 49.7 Å². The van der Waals surface area contributed by atoms with Crippen molar-refractivity contribution in [2.24, 2.45) is 0 Å². The van der Waals surface area contributed by atoms with Gasteiger partial charge in [0.1, 0.15) is 0 Å². The summed E-state index contributed by atoms with van der Waals surface area (Å²) >= 11 is 0. The van der Waals surface area contributed by atoms with Crippen LogP contribution in [-0.4, -0.2) is 9.97 Å². The zero-order valence-corrected chi connectivity index (χ0v) is 29.5. The molecular formula is C52H34N2. The van der Waals surface area contributed by atoms with Crippen molar-refractivity contribution in [3.05, 3.63) is 206 Å². The third-order valence-corrected chi connectivity index (χ3v) is 10.5. The minimum Gasteiger partial charge on any atom is -0.227 e. The summed E-state index contributed by atoms with van der Waals surface area (Å²) in [6.45, 7) is 0. The largest absolute Gasteiger partial charge is 0.227 e. The summed E-state index contributed by atoms with van der Waals surface area (Å²) in [7, 11) is 0. The molecule has 252 valence electrons. The summed E-state index contributed by atoms with van der Waals surface area (Å²) in [6.07, 6.45) is 0. The molecule has 9 aromatic carbocycles. The molecule has 0 atom stereocenters. The van der Waals surface area contributed by atoms with E-state index in [9.17, 15) is 0 Å². The minimum absolute atomic E-state index is 0.733. The van der Waals surface area contributed by atoms with E-state index in [4.69, 9.17) is 9.97 Å². The van der Waals surface area contributed by atoms with Gasteiger partial charge in [-0.05, 0) is 84.9 Å². The van der Waals surface area contributed by atoms with Crippen molar-refractivity contribution in [3.63, 3.8) is 0 Å². The van der Waals surface area contributed by atoms with Crippen LogP contribution >= 0.6 is 0 Å². The van der Waals surface area contributed by atoms with Gasteiger partial charge in [0.25, 0.3) is 0 Å². The van der Waals surface area contributed by atoms with Crippen LogP contribution in [0.2, 0.25) is 0 Å². The highest BCUT2D eigenvalue weighted by atomic mass is 14.9. The van der Waals surface area contributed by atoms with Gasteiger partial charge in [0.05, 0.1) is 11.2 Å². The van der Waals surface area contributed by atoms with E-state index in [1.54, 1.807) is 0 Å². The molecule has 10 aromatic rings. The number of fused-ring (bicyclic) bond motifs is 4. The summed E-state index contributed by atoms with van der Waals surface area (Å²) in [5.74, 6) is 0.733. The van der Waals surface area contributed by atoms with Crippen molar-refractivity contribution in [1.82, 2.24) is 9.97 Å². The summed E-state index contributed by atoms with van der Waals surface area (Å²) in [5, 5.41) is 5.66. The summed E-state index contributed by atoms with van der Waals surface area (Å²) in [6, 6.07) is 73.5. The number of rotatable bonds is 6. The third-order valence-electron chi connectivity index (χ3n) is 10.5. The van der Waals surface area contributed by atoms with Gasteiger partial charge in [-0.2, -0.15) is 0 Å². The second kappa shape index (κ2) is 13.4. The van der Waals surface area contributed by atoms with Crippen molar-refractivity contribution in [2.45, 2.75) is 0 Å². The Bertz CT molecular complexity index is 2980. The maximum Gasteiger partial charge on any atom is 0.161 e. The Morgan fingerprint density at radius 3 is 1.33 bits per heavy atom. The molecular weight excluding hydrogens is 653 g/mol. The first kappa shape index (κ1) is 31.6. The smallest absolute Gasteiger partial charge is 0.161 e. The molecule has 2 heteroatoms. The maximum atomic E-state index is 5.30. The number of aromatic nitrogens is 2. The van der Waals surface area contributed by atoms with Gasteiger partial charge in [-0.15, -0.1) is 0 Å². The van der Waals surface area contributed by atoms with Gasteiger partial charge in [-0.3, -0.25) is 0 Å². The molecule has 0 unspecified atom stereocenters. The minimum atomic E-state index is 0.733. The van der Waals surface area contributed by atoms with Crippen molar-refractivity contribution in [1.29, 1.82) is 0 Å². The normalized spacial score (nSPS) is 11.3. The molecule has 0 spiro atoms. The average Bonchev–Trinajstić information content (AvgIpc) is 3.26. The van der Waals surface area contributed by atoms with Gasteiger partial charge in [-0.25, -0.2) is 9.97 Å². The Morgan fingerprint density at radius 2 is 0.704 bits per heavy atom. The molecule has 1 heterocycles. The Morgan fingerprint density at radius 1 is 0.259 bits per heavy atom. The van der Waals surface area contributed by atoms with Gasteiger partial charge in [0.15, 0.2) is 5.82 Å². The van der Waals surface area contributed by atoms with Crippen LogP contribution < -0.4 is 0 Å². The summed E-state index contributed by atoms with van der Waals surface area (Å²) in [4.78, 5) is 10.5. The first-order valence-corrected chi connectivity index (χ1v) is 18.4. The van der Waals surface area contributed by atoms with E-state index in [2.05, 4.69) is 206 Å². The molecule has 0 aliphatic rings. The number of hydrogen-bond donors (Lipinski definition) is 0. The van der Waals surface area contributed by atoms with E-state index < -0.39 is 0 Å². The molecule has 2 nitrogen and oxygen atoms in total. The van der Waals surface area contributed by atoms with E-state index in [1.807, 2.05) is 0 Å². The van der Waals surface area contributed by atoms with E-state index in [0.29, 0.717) is 0 Å². The number of hydrogen-bond acceptors (Lipinski definition) is 2. The highest BCUT2D eigenvalue weighted by Crippen LogP contribution is 2.37. The van der Waals surface area contributed by atoms with Crippen LogP contribution in [0.15, 0.2) is 206 Å². The first-order chi connectivity index (χ1) is 26.7. The Hall–Kier alpha value is -7.16. The molecule has 0 saturated carbocycles. The molecule has 54 heavy (non-hydrogen) atoms. The van der Waals surface area contributed by atoms with Gasteiger partial charge in [0, 0.05) is 21.9 Å². The fraction of sp³-hybridized carbons (Fsp3) is 0. The summed E-state index contributed by atoms with van der Waals surface area (Å²) in [5.41, 5.74) is 13.5. The topological polar surface area (TPSA) is 25.8 Å². The number of nitrogens with zero attached hydrogens (tertiary/aromatic N) is 2. The average molecular weight is 687 g/mol. The second-order valence-electron chi connectivity index (χ2n) is 13.8. The van der Waals surface area contributed by atoms with Crippen molar-refractivity contribution < 1.29 is 0 Å². The fourth-order valence-electron chi connectivity index (χ4n) is 7.71. The van der Waals surface area contributed by atoms with Crippen LogP contribution in [0, 0.1) is 0 Å². The lowest BCUT2D eigenvalue weighted by Gasteiger charge is -2.13. The Balaban J connectivity index is 1.02. The molecule has 0 bridgehead atoms. The van der Waals surface area contributed by atoms with Crippen LogP contribution in [0.1, 0.15) is 0 Å². The van der Waals surface area contributed by atoms with Crippen LogP contribution in [0.3, 0.4) is 0 Å². The van der Waals surface area contributed by atoms with Crippen molar-refractivity contribution in [2.75, 3.05) is 0 Å². The molecule has 0 amide bonds. The maximum absolute atomic E-state index is 5.30. The predicted molar refractivity (Wildman–Crippen MR) is 227 cm³/mol. The molecule has 1 aromatic heterocycles. The third kappa shape index (κ3) is 5.81.